The van der Waals surface area contributed by atoms with Crippen LogP contribution >= 0.6 is 0 Å². The SMILES string of the molecule is N#Cc1ccc(CNCC(O)C2CCCC2)o1. The molecule has 0 spiro atoms. The molecule has 0 radical (unpaired) electrons. The molecule has 1 aliphatic rings. The molecule has 0 bridgehead atoms. The molecule has 4 nitrogen and oxygen atoms in total. The van der Waals surface area contributed by atoms with Crippen LogP contribution < -0.4 is 5.32 Å². The van der Waals surface area contributed by atoms with Crippen molar-refractivity contribution in [2.45, 2.75) is 38.3 Å². The number of nitriles is 1. The van der Waals surface area contributed by atoms with Crippen LogP contribution in [0, 0.1) is 17.2 Å². The number of hydrogen-bond acceptors (Lipinski definition) is 4. The van der Waals surface area contributed by atoms with Gasteiger partial charge in [-0.1, -0.05) is 12.8 Å². The zero-order chi connectivity index (χ0) is 12.1. The molecule has 1 aliphatic carbocycles. The van der Waals surface area contributed by atoms with E-state index in [0.29, 0.717) is 24.8 Å². The van der Waals surface area contributed by atoms with Crippen LogP contribution in [0.1, 0.15) is 37.2 Å². The first-order valence-corrected chi connectivity index (χ1v) is 6.17. The first-order valence-electron chi connectivity index (χ1n) is 6.17. The molecule has 1 aromatic rings. The second-order valence-electron chi connectivity index (χ2n) is 4.62. The molecule has 1 saturated carbocycles. The summed E-state index contributed by atoms with van der Waals surface area (Å²) in [5.74, 6) is 1.52. The second-order valence-corrected chi connectivity index (χ2v) is 4.62. The molecule has 0 saturated heterocycles. The molecule has 2 rings (SSSR count). The van der Waals surface area contributed by atoms with E-state index in [-0.39, 0.29) is 6.10 Å². The van der Waals surface area contributed by atoms with E-state index in [4.69, 9.17) is 9.68 Å². The Morgan fingerprint density at radius 2 is 2.24 bits per heavy atom. The van der Waals surface area contributed by atoms with Gasteiger partial charge in [0, 0.05) is 6.54 Å². The van der Waals surface area contributed by atoms with Crippen molar-refractivity contribution < 1.29 is 9.52 Å². The smallest absolute Gasteiger partial charge is 0.203 e. The Balaban J connectivity index is 1.70. The van der Waals surface area contributed by atoms with E-state index < -0.39 is 0 Å². The maximum Gasteiger partial charge on any atom is 0.203 e. The molecular weight excluding hydrogens is 216 g/mol. The predicted molar refractivity (Wildman–Crippen MR) is 63.1 cm³/mol. The third kappa shape index (κ3) is 3.32. The largest absolute Gasteiger partial charge is 0.449 e. The highest BCUT2D eigenvalue weighted by atomic mass is 16.3. The molecular formula is C13H18N2O2. The predicted octanol–water partition coefficient (Wildman–Crippen LogP) is 1.79. The maximum atomic E-state index is 9.93. The van der Waals surface area contributed by atoms with Crippen molar-refractivity contribution in [3.8, 4) is 6.07 Å². The van der Waals surface area contributed by atoms with Gasteiger partial charge < -0.3 is 14.8 Å². The summed E-state index contributed by atoms with van der Waals surface area (Å²) in [5, 5.41) is 21.7. The Hall–Kier alpha value is -1.31. The van der Waals surface area contributed by atoms with Gasteiger partial charge in [0.25, 0.3) is 0 Å². The summed E-state index contributed by atoms with van der Waals surface area (Å²) in [7, 11) is 0. The minimum absolute atomic E-state index is 0.261. The Labute approximate surface area is 101 Å². The molecule has 1 aromatic heterocycles. The Bertz CT molecular complexity index is 388. The van der Waals surface area contributed by atoms with E-state index in [1.165, 1.54) is 12.8 Å². The van der Waals surface area contributed by atoms with Gasteiger partial charge in [0.05, 0.1) is 12.6 Å². The molecule has 1 atom stereocenters. The van der Waals surface area contributed by atoms with Crippen molar-refractivity contribution >= 4 is 0 Å². The molecule has 1 fully saturated rings. The van der Waals surface area contributed by atoms with Gasteiger partial charge >= 0.3 is 0 Å². The molecule has 17 heavy (non-hydrogen) atoms. The lowest BCUT2D eigenvalue weighted by atomic mass is 10.0. The summed E-state index contributed by atoms with van der Waals surface area (Å²) in [6.45, 7) is 1.15. The van der Waals surface area contributed by atoms with Gasteiger partial charge in [0.1, 0.15) is 11.8 Å². The van der Waals surface area contributed by atoms with Gasteiger partial charge in [-0.05, 0) is 30.9 Å². The Morgan fingerprint density at radius 1 is 1.47 bits per heavy atom. The minimum atomic E-state index is -0.261. The average molecular weight is 234 g/mol. The fraction of sp³-hybridized carbons (Fsp3) is 0.615. The van der Waals surface area contributed by atoms with E-state index in [0.717, 1.165) is 18.6 Å². The van der Waals surface area contributed by atoms with Crippen LogP contribution in [0.2, 0.25) is 0 Å². The van der Waals surface area contributed by atoms with Crippen molar-refractivity contribution in [3.05, 3.63) is 23.7 Å². The van der Waals surface area contributed by atoms with Crippen molar-refractivity contribution in [2.75, 3.05) is 6.54 Å². The van der Waals surface area contributed by atoms with Crippen LogP contribution in [-0.4, -0.2) is 17.8 Å². The number of aliphatic hydroxyl groups is 1. The standard InChI is InChI=1S/C13H18N2O2/c14-7-11-5-6-12(17-11)8-15-9-13(16)10-3-1-2-4-10/h5-6,10,13,15-16H,1-4,8-9H2. The Morgan fingerprint density at radius 3 is 2.88 bits per heavy atom. The summed E-state index contributed by atoms with van der Waals surface area (Å²) in [6.07, 6.45) is 4.50. The van der Waals surface area contributed by atoms with E-state index in [2.05, 4.69) is 5.32 Å². The van der Waals surface area contributed by atoms with Crippen LogP contribution in [0.25, 0.3) is 0 Å². The zero-order valence-corrected chi connectivity index (χ0v) is 9.85. The highest BCUT2D eigenvalue weighted by molar-refractivity contribution is 5.18. The fourth-order valence-corrected chi connectivity index (χ4v) is 2.39. The van der Waals surface area contributed by atoms with Crippen molar-refractivity contribution in [1.29, 1.82) is 5.26 Å². The van der Waals surface area contributed by atoms with Crippen molar-refractivity contribution in [2.24, 2.45) is 5.92 Å². The van der Waals surface area contributed by atoms with Gasteiger partial charge in [-0.2, -0.15) is 5.26 Å². The van der Waals surface area contributed by atoms with Crippen LogP contribution in [0.4, 0.5) is 0 Å². The summed E-state index contributed by atoms with van der Waals surface area (Å²) in [4.78, 5) is 0. The second kappa shape index (κ2) is 5.85. The first-order chi connectivity index (χ1) is 8.29. The lowest BCUT2D eigenvalue weighted by Crippen LogP contribution is -2.31. The zero-order valence-electron chi connectivity index (χ0n) is 9.85. The summed E-state index contributed by atoms with van der Waals surface area (Å²) >= 11 is 0. The number of furan rings is 1. The molecule has 1 heterocycles. The maximum absolute atomic E-state index is 9.93. The molecule has 0 aromatic carbocycles. The van der Waals surface area contributed by atoms with Gasteiger partial charge in [0.15, 0.2) is 0 Å². The van der Waals surface area contributed by atoms with Crippen LogP contribution in [0.5, 0.6) is 0 Å². The van der Waals surface area contributed by atoms with E-state index in [9.17, 15) is 5.11 Å². The third-order valence-corrected chi connectivity index (χ3v) is 3.37. The number of hydrogen-bond donors (Lipinski definition) is 2. The highest BCUT2D eigenvalue weighted by Gasteiger charge is 2.22. The van der Waals surface area contributed by atoms with Gasteiger partial charge in [-0.25, -0.2) is 0 Å². The third-order valence-electron chi connectivity index (χ3n) is 3.37. The fourth-order valence-electron chi connectivity index (χ4n) is 2.39. The van der Waals surface area contributed by atoms with E-state index in [1.807, 2.05) is 6.07 Å². The van der Waals surface area contributed by atoms with E-state index in [1.54, 1.807) is 12.1 Å². The lowest BCUT2D eigenvalue weighted by Gasteiger charge is -2.17. The molecule has 4 heteroatoms. The van der Waals surface area contributed by atoms with Gasteiger partial charge in [-0.15, -0.1) is 0 Å². The number of rotatable bonds is 5. The first kappa shape index (κ1) is 12.2. The van der Waals surface area contributed by atoms with E-state index >= 15 is 0 Å². The topological polar surface area (TPSA) is 69.2 Å². The Kier molecular flexibility index (Phi) is 4.18. The number of aliphatic hydroxyl groups excluding tert-OH is 1. The molecule has 1 unspecified atom stereocenters. The molecule has 0 amide bonds. The molecule has 92 valence electrons. The summed E-state index contributed by atoms with van der Waals surface area (Å²) < 4.78 is 5.23. The quantitative estimate of drug-likeness (QED) is 0.815. The summed E-state index contributed by atoms with van der Waals surface area (Å²) in [5.41, 5.74) is 0. The molecule has 0 aliphatic heterocycles. The molecule has 2 N–H and O–H groups in total. The number of nitrogens with zero attached hydrogens (tertiary/aromatic N) is 1. The van der Waals surface area contributed by atoms with Crippen LogP contribution in [0.3, 0.4) is 0 Å². The normalized spacial score (nSPS) is 18.1. The minimum Gasteiger partial charge on any atom is -0.449 e. The number of nitrogens with one attached hydrogen (secondary N) is 1. The van der Waals surface area contributed by atoms with Crippen LogP contribution in [0.15, 0.2) is 16.5 Å². The van der Waals surface area contributed by atoms with Crippen molar-refractivity contribution in [1.82, 2.24) is 5.32 Å². The lowest BCUT2D eigenvalue weighted by molar-refractivity contribution is 0.108. The van der Waals surface area contributed by atoms with Gasteiger partial charge in [-0.3, -0.25) is 0 Å². The van der Waals surface area contributed by atoms with Crippen molar-refractivity contribution in [3.63, 3.8) is 0 Å². The highest BCUT2D eigenvalue weighted by Crippen LogP contribution is 2.27. The summed E-state index contributed by atoms with van der Waals surface area (Å²) in [6, 6.07) is 5.39. The van der Waals surface area contributed by atoms with Gasteiger partial charge in [0.2, 0.25) is 5.76 Å². The monoisotopic (exact) mass is 234 g/mol. The average Bonchev–Trinajstić information content (AvgIpc) is 3.00. The van der Waals surface area contributed by atoms with Crippen LogP contribution in [-0.2, 0) is 6.54 Å².